The molecule has 0 saturated heterocycles. The zero-order valence-corrected chi connectivity index (χ0v) is 15.1. The summed E-state index contributed by atoms with van der Waals surface area (Å²) in [6, 6.07) is 0. The molecule has 2 aromatic heterocycles. The summed E-state index contributed by atoms with van der Waals surface area (Å²) in [6.45, 7) is 5.26. The highest BCUT2D eigenvalue weighted by Gasteiger charge is 2.24. The molecule has 11 heteroatoms. The van der Waals surface area contributed by atoms with Gasteiger partial charge in [-0.3, -0.25) is 29.1 Å². The van der Waals surface area contributed by atoms with E-state index in [0.29, 0.717) is 6.54 Å². The summed E-state index contributed by atoms with van der Waals surface area (Å²) in [5.74, 6) is -0.813. The molecule has 0 atom stereocenters. The van der Waals surface area contributed by atoms with Gasteiger partial charge in [-0.1, -0.05) is 6.92 Å². The summed E-state index contributed by atoms with van der Waals surface area (Å²) in [6.07, 6.45) is 2.16. The molecule has 0 spiro atoms. The van der Waals surface area contributed by atoms with Gasteiger partial charge < -0.3 is 10.6 Å². The lowest BCUT2D eigenvalue weighted by molar-refractivity contribution is -0.386. The lowest BCUT2D eigenvalue weighted by atomic mass is 10.3. The average molecular weight is 363 g/mol. The van der Waals surface area contributed by atoms with Crippen molar-refractivity contribution in [2.24, 2.45) is 7.05 Å². The van der Waals surface area contributed by atoms with Gasteiger partial charge in [0.25, 0.3) is 5.91 Å². The van der Waals surface area contributed by atoms with Crippen molar-refractivity contribution in [3.05, 3.63) is 33.4 Å². The van der Waals surface area contributed by atoms with E-state index >= 15 is 0 Å². The van der Waals surface area contributed by atoms with Crippen LogP contribution in [-0.4, -0.2) is 42.8 Å². The fraction of sp³-hybridized carbons (Fsp3) is 0.467. The summed E-state index contributed by atoms with van der Waals surface area (Å²) in [5, 5.41) is 24.4. The highest BCUT2D eigenvalue weighted by molar-refractivity contribution is 6.02. The van der Waals surface area contributed by atoms with Crippen LogP contribution in [-0.2, 0) is 18.4 Å². The maximum atomic E-state index is 12.3. The molecule has 0 unspecified atom stereocenters. The molecule has 140 valence electrons. The van der Waals surface area contributed by atoms with Crippen LogP contribution in [0.5, 0.6) is 0 Å². The Hall–Kier alpha value is -3.24. The van der Waals surface area contributed by atoms with Crippen molar-refractivity contribution in [3.8, 4) is 0 Å². The van der Waals surface area contributed by atoms with Crippen molar-refractivity contribution >= 4 is 23.2 Å². The van der Waals surface area contributed by atoms with Gasteiger partial charge in [-0.15, -0.1) is 0 Å². The van der Waals surface area contributed by atoms with E-state index in [1.165, 1.54) is 29.4 Å². The monoisotopic (exact) mass is 363 g/mol. The summed E-state index contributed by atoms with van der Waals surface area (Å²) in [4.78, 5) is 35.0. The minimum absolute atomic E-state index is 0.112. The van der Waals surface area contributed by atoms with Crippen LogP contribution in [0.3, 0.4) is 0 Å². The van der Waals surface area contributed by atoms with Gasteiger partial charge in [-0.2, -0.15) is 10.2 Å². The molecule has 2 rings (SSSR count). The second-order valence-corrected chi connectivity index (χ2v) is 5.77. The predicted octanol–water partition coefficient (Wildman–Crippen LogP) is 0.920. The van der Waals surface area contributed by atoms with Crippen molar-refractivity contribution in [2.75, 3.05) is 11.9 Å². The van der Waals surface area contributed by atoms with Gasteiger partial charge in [0.2, 0.25) is 5.91 Å². The number of amides is 2. The van der Waals surface area contributed by atoms with Gasteiger partial charge in [0.1, 0.15) is 23.6 Å². The van der Waals surface area contributed by atoms with Gasteiger partial charge in [0.05, 0.1) is 16.8 Å². The van der Waals surface area contributed by atoms with Crippen molar-refractivity contribution in [1.82, 2.24) is 24.9 Å². The largest absolute Gasteiger partial charge is 0.351 e. The highest BCUT2D eigenvalue weighted by atomic mass is 16.6. The number of nitrogens with one attached hydrogen (secondary N) is 2. The molecule has 0 radical (unpaired) electrons. The maximum Gasteiger partial charge on any atom is 0.312 e. The molecule has 0 aliphatic heterocycles. The average Bonchev–Trinajstić information content (AvgIpc) is 3.04. The van der Waals surface area contributed by atoms with Gasteiger partial charge >= 0.3 is 5.69 Å². The molecule has 0 fully saturated rings. The topological polar surface area (TPSA) is 137 Å². The molecule has 2 N–H and O–H groups in total. The minimum atomic E-state index is -0.524. The van der Waals surface area contributed by atoms with Crippen LogP contribution in [0, 0.1) is 24.0 Å². The molecular weight excluding hydrogens is 342 g/mol. The molecule has 11 nitrogen and oxygen atoms in total. The van der Waals surface area contributed by atoms with Crippen LogP contribution in [0.1, 0.15) is 35.2 Å². The number of carbonyl (C=O) groups is 2. The number of hydrogen-bond acceptors (Lipinski definition) is 6. The first kappa shape index (κ1) is 19.1. The normalized spacial score (nSPS) is 10.6. The van der Waals surface area contributed by atoms with E-state index in [0.717, 1.165) is 6.42 Å². The van der Waals surface area contributed by atoms with Crippen LogP contribution in [0.15, 0.2) is 6.20 Å². The number of hydrogen-bond donors (Lipinski definition) is 2. The summed E-state index contributed by atoms with van der Waals surface area (Å²) >= 11 is 0. The molecule has 2 heterocycles. The molecule has 0 aliphatic rings. The number of nitrogens with zero attached hydrogens (tertiary/aromatic N) is 5. The molecule has 0 saturated carbocycles. The number of aromatic nitrogens is 4. The Labute approximate surface area is 149 Å². The van der Waals surface area contributed by atoms with Crippen LogP contribution < -0.4 is 10.6 Å². The van der Waals surface area contributed by atoms with Crippen molar-refractivity contribution in [2.45, 2.75) is 33.7 Å². The van der Waals surface area contributed by atoms with Crippen LogP contribution >= 0.6 is 0 Å². The van der Waals surface area contributed by atoms with Crippen LogP contribution in [0.4, 0.5) is 11.4 Å². The molecule has 26 heavy (non-hydrogen) atoms. The Kier molecular flexibility index (Phi) is 5.70. The maximum absolute atomic E-state index is 12.3. The molecule has 2 aromatic rings. The van der Waals surface area contributed by atoms with E-state index in [1.54, 1.807) is 7.05 Å². The van der Waals surface area contributed by atoms with Gasteiger partial charge in [-0.25, -0.2) is 0 Å². The molecular formula is C15H21N7O4. The van der Waals surface area contributed by atoms with Crippen LogP contribution in [0.25, 0.3) is 0 Å². The van der Waals surface area contributed by atoms with Crippen molar-refractivity contribution in [3.63, 3.8) is 0 Å². The summed E-state index contributed by atoms with van der Waals surface area (Å²) in [5.41, 5.74) is 0.906. The number of nitro groups is 1. The molecule has 2 amide bonds. The Balaban J connectivity index is 2.16. The summed E-state index contributed by atoms with van der Waals surface area (Å²) < 4.78 is 2.63. The summed E-state index contributed by atoms with van der Waals surface area (Å²) in [7, 11) is 1.60. The van der Waals surface area contributed by atoms with Gasteiger partial charge in [0.15, 0.2) is 0 Å². The van der Waals surface area contributed by atoms with Crippen molar-refractivity contribution < 1.29 is 14.5 Å². The van der Waals surface area contributed by atoms with E-state index in [1.807, 2.05) is 6.92 Å². The van der Waals surface area contributed by atoms with E-state index in [9.17, 15) is 19.7 Å². The first-order valence-electron chi connectivity index (χ1n) is 8.04. The van der Waals surface area contributed by atoms with Gasteiger partial charge in [0, 0.05) is 13.6 Å². The second-order valence-electron chi connectivity index (χ2n) is 5.77. The zero-order valence-electron chi connectivity index (χ0n) is 15.1. The number of anilines is 1. The first-order valence-corrected chi connectivity index (χ1v) is 8.04. The predicted molar refractivity (Wildman–Crippen MR) is 92.8 cm³/mol. The Morgan fingerprint density at radius 3 is 2.62 bits per heavy atom. The third kappa shape index (κ3) is 3.87. The first-order chi connectivity index (χ1) is 12.3. The van der Waals surface area contributed by atoms with E-state index in [4.69, 9.17) is 0 Å². The fourth-order valence-corrected chi connectivity index (χ4v) is 2.55. The molecule has 0 aliphatic carbocycles. The quantitative estimate of drug-likeness (QED) is 0.554. The fourth-order valence-electron chi connectivity index (χ4n) is 2.55. The minimum Gasteiger partial charge on any atom is -0.351 e. The number of aryl methyl sites for hydroxylation is 2. The smallest absolute Gasteiger partial charge is 0.312 e. The number of carbonyl (C=O) groups excluding carboxylic acids is 2. The third-order valence-corrected chi connectivity index (χ3v) is 3.78. The highest BCUT2D eigenvalue weighted by Crippen LogP contribution is 2.22. The lowest BCUT2D eigenvalue weighted by Gasteiger charge is -2.09. The Morgan fingerprint density at radius 2 is 2.04 bits per heavy atom. The Morgan fingerprint density at radius 1 is 1.35 bits per heavy atom. The SMILES string of the molecule is CCCNC(=O)c1c(NC(=O)Cn2nc(C)c([N+](=O)[O-])c2C)cnn1C. The standard InChI is InChI=1S/C15H21N7O4/c1-5-6-16-15(24)14-11(7-17-20(14)4)18-12(23)8-21-10(3)13(22(25)26)9(2)19-21/h7H,5-6,8H2,1-4H3,(H,16,24)(H,18,23). The zero-order chi connectivity index (χ0) is 19.4. The Bertz CT molecular complexity index is 853. The second kappa shape index (κ2) is 7.76. The van der Waals surface area contributed by atoms with Crippen LogP contribution in [0.2, 0.25) is 0 Å². The molecule has 0 aromatic carbocycles. The van der Waals surface area contributed by atoms with Gasteiger partial charge in [-0.05, 0) is 20.3 Å². The molecule has 0 bridgehead atoms. The van der Waals surface area contributed by atoms with E-state index in [-0.39, 0.29) is 40.9 Å². The lowest BCUT2D eigenvalue weighted by Crippen LogP contribution is -2.28. The third-order valence-electron chi connectivity index (χ3n) is 3.78. The number of rotatable bonds is 7. The van der Waals surface area contributed by atoms with E-state index in [2.05, 4.69) is 20.8 Å². The van der Waals surface area contributed by atoms with Crippen molar-refractivity contribution in [1.29, 1.82) is 0 Å². The van der Waals surface area contributed by atoms with E-state index < -0.39 is 10.8 Å².